The molecule has 0 radical (unpaired) electrons. The second-order valence-corrected chi connectivity index (χ2v) is 10.1. The van der Waals surface area contributed by atoms with Gasteiger partial charge in [0.25, 0.3) is 11.8 Å². The van der Waals surface area contributed by atoms with Gasteiger partial charge in [-0.2, -0.15) is 0 Å². The van der Waals surface area contributed by atoms with Crippen molar-refractivity contribution in [1.29, 1.82) is 0 Å². The molecular formula is C32H34FN3O4. The molecule has 1 N–H and O–H groups in total. The Morgan fingerprint density at radius 3 is 2.08 bits per heavy atom. The van der Waals surface area contributed by atoms with Crippen LogP contribution in [0.5, 0.6) is 0 Å². The average Bonchev–Trinajstić information content (AvgIpc) is 3.21. The molecule has 8 heteroatoms. The van der Waals surface area contributed by atoms with E-state index in [9.17, 15) is 23.6 Å². The zero-order chi connectivity index (χ0) is 28.6. The number of imide groups is 1. The number of carbonyl (C=O) groups excluding carboxylic acids is 4. The topological polar surface area (TPSA) is 86.8 Å². The molecule has 3 aromatic rings. The lowest BCUT2D eigenvalue weighted by molar-refractivity contribution is -0.141. The highest BCUT2D eigenvalue weighted by Gasteiger charge is 2.35. The van der Waals surface area contributed by atoms with Gasteiger partial charge in [-0.3, -0.25) is 24.1 Å². The van der Waals surface area contributed by atoms with Crippen molar-refractivity contribution in [1.82, 2.24) is 15.1 Å². The molecule has 4 amide bonds. The van der Waals surface area contributed by atoms with Crippen molar-refractivity contribution in [3.05, 3.63) is 107 Å². The number of nitrogens with zero attached hydrogens (tertiary/aromatic N) is 2. The van der Waals surface area contributed by atoms with Crippen LogP contribution in [0.1, 0.15) is 65.0 Å². The summed E-state index contributed by atoms with van der Waals surface area (Å²) < 4.78 is 13.6. The Morgan fingerprint density at radius 2 is 1.48 bits per heavy atom. The summed E-state index contributed by atoms with van der Waals surface area (Å²) in [7, 11) is 0. The monoisotopic (exact) mass is 543 g/mol. The van der Waals surface area contributed by atoms with Crippen molar-refractivity contribution in [2.75, 3.05) is 6.54 Å². The van der Waals surface area contributed by atoms with E-state index in [0.717, 1.165) is 12.0 Å². The van der Waals surface area contributed by atoms with Crippen molar-refractivity contribution in [2.24, 2.45) is 0 Å². The second-order valence-electron chi connectivity index (χ2n) is 10.1. The van der Waals surface area contributed by atoms with Gasteiger partial charge in [0, 0.05) is 32.0 Å². The fourth-order valence-electron chi connectivity index (χ4n) is 4.76. The normalized spacial score (nSPS) is 14.0. The van der Waals surface area contributed by atoms with Gasteiger partial charge in [-0.15, -0.1) is 0 Å². The molecule has 4 rings (SSSR count). The molecule has 3 aromatic carbocycles. The zero-order valence-corrected chi connectivity index (χ0v) is 22.8. The van der Waals surface area contributed by atoms with Crippen molar-refractivity contribution < 1.29 is 23.6 Å². The molecule has 0 saturated carbocycles. The van der Waals surface area contributed by atoms with Crippen LogP contribution in [0.25, 0.3) is 0 Å². The molecule has 0 fully saturated rings. The molecule has 1 aliphatic heterocycles. The lowest BCUT2D eigenvalue weighted by atomic mass is 10.0. The number of hydrogen-bond acceptors (Lipinski definition) is 4. The van der Waals surface area contributed by atoms with Gasteiger partial charge in [-0.25, -0.2) is 4.39 Å². The largest absolute Gasteiger partial charge is 0.352 e. The molecule has 0 saturated heterocycles. The van der Waals surface area contributed by atoms with E-state index in [1.54, 1.807) is 36.4 Å². The third kappa shape index (κ3) is 6.81. The number of benzene rings is 3. The van der Waals surface area contributed by atoms with Crippen LogP contribution >= 0.6 is 0 Å². The van der Waals surface area contributed by atoms with Gasteiger partial charge in [0.05, 0.1) is 11.1 Å². The third-order valence-corrected chi connectivity index (χ3v) is 7.19. The standard InChI is InChI=1S/C32H34FN3O4/c1-3-22(2)34-30(38)28(20-23-10-5-4-6-11-23)36(21-24-15-17-25(33)18-16-24)29(37)14-9-19-35-31(39)26-12-7-8-13-27(26)32(35)40/h4-8,10-13,15-18,22,28H,3,9,14,19-21H2,1-2H3,(H,34,38). The molecule has 7 nitrogen and oxygen atoms in total. The van der Waals surface area contributed by atoms with Crippen LogP contribution in [-0.4, -0.2) is 52.1 Å². The Labute approximate surface area is 234 Å². The van der Waals surface area contributed by atoms with E-state index in [-0.39, 0.29) is 55.6 Å². The van der Waals surface area contributed by atoms with Gasteiger partial charge in [0.1, 0.15) is 11.9 Å². The molecule has 0 bridgehead atoms. The van der Waals surface area contributed by atoms with E-state index in [1.165, 1.54) is 21.9 Å². The predicted molar refractivity (Wildman–Crippen MR) is 150 cm³/mol. The van der Waals surface area contributed by atoms with Crippen LogP contribution in [0, 0.1) is 5.82 Å². The smallest absolute Gasteiger partial charge is 0.261 e. The molecule has 2 unspecified atom stereocenters. The first kappa shape index (κ1) is 28.7. The summed E-state index contributed by atoms with van der Waals surface area (Å²) in [6.07, 6.45) is 1.30. The predicted octanol–water partition coefficient (Wildman–Crippen LogP) is 4.76. The maximum atomic E-state index is 13.7. The number of halogens is 1. The Morgan fingerprint density at radius 1 is 0.875 bits per heavy atom. The summed E-state index contributed by atoms with van der Waals surface area (Å²) in [6.45, 7) is 4.08. The van der Waals surface area contributed by atoms with Crippen molar-refractivity contribution in [2.45, 2.75) is 58.2 Å². The highest BCUT2D eigenvalue weighted by Crippen LogP contribution is 2.23. The molecule has 208 valence electrons. The summed E-state index contributed by atoms with van der Waals surface area (Å²) in [5, 5.41) is 3.01. The van der Waals surface area contributed by atoms with Crippen molar-refractivity contribution >= 4 is 23.6 Å². The maximum absolute atomic E-state index is 13.7. The summed E-state index contributed by atoms with van der Waals surface area (Å²) in [5.74, 6) is -1.69. The van der Waals surface area contributed by atoms with Crippen LogP contribution in [-0.2, 0) is 22.6 Å². The Bertz CT molecular complexity index is 1330. The summed E-state index contributed by atoms with van der Waals surface area (Å²) >= 11 is 0. The van der Waals surface area contributed by atoms with E-state index in [0.29, 0.717) is 23.1 Å². The molecule has 1 heterocycles. The van der Waals surface area contributed by atoms with Crippen LogP contribution in [0.4, 0.5) is 4.39 Å². The Hall–Kier alpha value is -4.33. The van der Waals surface area contributed by atoms with E-state index < -0.39 is 11.9 Å². The van der Waals surface area contributed by atoms with E-state index in [4.69, 9.17) is 0 Å². The Kier molecular flexibility index (Phi) is 9.43. The minimum Gasteiger partial charge on any atom is -0.352 e. The number of hydrogen-bond donors (Lipinski definition) is 1. The average molecular weight is 544 g/mol. The molecule has 40 heavy (non-hydrogen) atoms. The summed E-state index contributed by atoms with van der Waals surface area (Å²) in [6, 6.07) is 21.1. The van der Waals surface area contributed by atoms with Gasteiger partial charge in [0.15, 0.2) is 0 Å². The van der Waals surface area contributed by atoms with Gasteiger partial charge < -0.3 is 10.2 Å². The number of fused-ring (bicyclic) bond motifs is 1. The fraction of sp³-hybridized carbons (Fsp3) is 0.312. The highest BCUT2D eigenvalue weighted by atomic mass is 19.1. The quantitative estimate of drug-likeness (QED) is 0.334. The number of rotatable bonds is 12. The van der Waals surface area contributed by atoms with Crippen LogP contribution < -0.4 is 5.32 Å². The molecule has 1 aliphatic rings. The molecule has 0 aromatic heterocycles. The summed E-state index contributed by atoms with van der Waals surface area (Å²) in [5.41, 5.74) is 2.31. The molecule has 2 atom stereocenters. The maximum Gasteiger partial charge on any atom is 0.261 e. The molecular weight excluding hydrogens is 509 g/mol. The number of carbonyl (C=O) groups is 4. The molecule has 0 aliphatic carbocycles. The lowest BCUT2D eigenvalue weighted by Gasteiger charge is -2.32. The minimum absolute atomic E-state index is 0.0243. The van der Waals surface area contributed by atoms with Gasteiger partial charge in [-0.1, -0.05) is 61.5 Å². The van der Waals surface area contributed by atoms with Crippen LogP contribution in [0.3, 0.4) is 0 Å². The molecule has 0 spiro atoms. The summed E-state index contributed by atoms with van der Waals surface area (Å²) in [4.78, 5) is 55.5. The second kappa shape index (κ2) is 13.2. The first-order chi connectivity index (χ1) is 19.3. The van der Waals surface area contributed by atoms with Crippen molar-refractivity contribution in [3.8, 4) is 0 Å². The van der Waals surface area contributed by atoms with Gasteiger partial charge >= 0.3 is 0 Å². The van der Waals surface area contributed by atoms with Gasteiger partial charge in [0.2, 0.25) is 11.8 Å². The Balaban J connectivity index is 1.54. The van der Waals surface area contributed by atoms with E-state index >= 15 is 0 Å². The first-order valence-corrected chi connectivity index (χ1v) is 13.6. The number of nitrogens with one attached hydrogen (secondary N) is 1. The lowest BCUT2D eigenvalue weighted by Crippen LogP contribution is -2.52. The van der Waals surface area contributed by atoms with E-state index in [1.807, 2.05) is 44.2 Å². The third-order valence-electron chi connectivity index (χ3n) is 7.19. The van der Waals surface area contributed by atoms with Crippen LogP contribution in [0.2, 0.25) is 0 Å². The van der Waals surface area contributed by atoms with E-state index in [2.05, 4.69) is 5.32 Å². The fourth-order valence-corrected chi connectivity index (χ4v) is 4.76. The van der Waals surface area contributed by atoms with Crippen LogP contribution in [0.15, 0.2) is 78.9 Å². The highest BCUT2D eigenvalue weighted by molar-refractivity contribution is 6.21. The SMILES string of the molecule is CCC(C)NC(=O)C(Cc1ccccc1)N(Cc1ccc(F)cc1)C(=O)CCCN1C(=O)c2ccccc2C1=O. The zero-order valence-electron chi connectivity index (χ0n) is 22.8. The minimum atomic E-state index is -0.812. The number of amides is 4. The van der Waals surface area contributed by atoms with Crippen molar-refractivity contribution in [3.63, 3.8) is 0 Å². The first-order valence-electron chi connectivity index (χ1n) is 13.6. The van der Waals surface area contributed by atoms with Gasteiger partial charge in [-0.05, 0) is 55.2 Å².